The lowest BCUT2D eigenvalue weighted by Gasteiger charge is -2.16. The number of amides is 1. The Morgan fingerprint density at radius 1 is 1.35 bits per heavy atom. The van der Waals surface area contributed by atoms with Gasteiger partial charge in [0, 0.05) is 6.04 Å². The average Bonchev–Trinajstić information content (AvgIpc) is 2.76. The third-order valence-electron chi connectivity index (χ3n) is 3.46. The molecule has 0 spiro atoms. The highest BCUT2D eigenvalue weighted by molar-refractivity contribution is 6.33. The summed E-state index contributed by atoms with van der Waals surface area (Å²) < 4.78 is 37.5. The molecule has 0 bridgehead atoms. The molecule has 0 heterocycles. The van der Waals surface area contributed by atoms with Crippen LogP contribution < -0.4 is 11.1 Å². The predicted octanol–water partition coefficient (Wildman–Crippen LogP) is 3.42. The Hall–Kier alpha value is -1.27. The summed E-state index contributed by atoms with van der Waals surface area (Å²) in [6.07, 6.45) is -2.12. The SMILES string of the molecule is NC1CCCC1C(=O)Nc1ccc(C(F)(F)F)cc1Cl. The molecule has 0 aromatic heterocycles. The second kappa shape index (κ2) is 5.61. The van der Waals surface area contributed by atoms with Crippen molar-refractivity contribution in [3.05, 3.63) is 28.8 Å². The van der Waals surface area contributed by atoms with Crippen LogP contribution in [-0.4, -0.2) is 11.9 Å². The molecule has 1 aliphatic carbocycles. The van der Waals surface area contributed by atoms with E-state index in [-0.39, 0.29) is 28.6 Å². The van der Waals surface area contributed by atoms with Crippen LogP contribution in [0.3, 0.4) is 0 Å². The molecule has 2 atom stereocenters. The van der Waals surface area contributed by atoms with Crippen LogP contribution in [0.2, 0.25) is 5.02 Å². The minimum Gasteiger partial charge on any atom is -0.327 e. The molecule has 1 aliphatic rings. The average molecular weight is 307 g/mol. The third-order valence-corrected chi connectivity index (χ3v) is 3.77. The van der Waals surface area contributed by atoms with E-state index < -0.39 is 11.7 Å². The molecular weight excluding hydrogens is 293 g/mol. The maximum atomic E-state index is 12.5. The van der Waals surface area contributed by atoms with E-state index in [9.17, 15) is 18.0 Å². The molecule has 2 unspecified atom stereocenters. The quantitative estimate of drug-likeness (QED) is 0.879. The molecule has 2 rings (SSSR count). The van der Waals surface area contributed by atoms with E-state index in [0.29, 0.717) is 6.42 Å². The fraction of sp³-hybridized carbons (Fsp3) is 0.462. The Bertz CT molecular complexity index is 519. The molecule has 1 saturated carbocycles. The number of nitrogens with one attached hydrogen (secondary N) is 1. The van der Waals surface area contributed by atoms with E-state index in [1.807, 2.05) is 0 Å². The number of benzene rings is 1. The summed E-state index contributed by atoms with van der Waals surface area (Å²) in [5.74, 6) is -0.606. The van der Waals surface area contributed by atoms with Crippen LogP contribution in [0, 0.1) is 5.92 Å². The number of halogens is 4. The van der Waals surface area contributed by atoms with Gasteiger partial charge in [0.05, 0.1) is 22.2 Å². The van der Waals surface area contributed by atoms with Gasteiger partial charge in [-0.25, -0.2) is 0 Å². The van der Waals surface area contributed by atoms with Crippen molar-refractivity contribution in [3.63, 3.8) is 0 Å². The first kappa shape index (κ1) is 15.1. The molecule has 0 saturated heterocycles. The van der Waals surface area contributed by atoms with Crippen molar-refractivity contribution in [2.75, 3.05) is 5.32 Å². The molecule has 20 heavy (non-hydrogen) atoms. The van der Waals surface area contributed by atoms with Gasteiger partial charge in [-0.05, 0) is 31.0 Å². The van der Waals surface area contributed by atoms with Gasteiger partial charge in [0.15, 0.2) is 0 Å². The van der Waals surface area contributed by atoms with E-state index >= 15 is 0 Å². The lowest BCUT2D eigenvalue weighted by Crippen LogP contribution is -2.34. The Morgan fingerprint density at radius 3 is 2.55 bits per heavy atom. The summed E-state index contributed by atoms with van der Waals surface area (Å²) >= 11 is 5.78. The van der Waals surface area contributed by atoms with E-state index in [1.165, 1.54) is 0 Å². The van der Waals surface area contributed by atoms with Crippen molar-refractivity contribution in [2.24, 2.45) is 11.7 Å². The van der Waals surface area contributed by atoms with Crippen molar-refractivity contribution < 1.29 is 18.0 Å². The van der Waals surface area contributed by atoms with Crippen molar-refractivity contribution >= 4 is 23.2 Å². The molecule has 3 N–H and O–H groups in total. The summed E-state index contributed by atoms with van der Waals surface area (Å²) in [4.78, 5) is 12.0. The molecule has 1 aromatic carbocycles. The second-order valence-corrected chi connectivity index (χ2v) is 5.29. The topological polar surface area (TPSA) is 55.1 Å². The number of hydrogen-bond donors (Lipinski definition) is 2. The van der Waals surface area contributed by atoms with Gasteiger partial charge in [-0.1, -0.05) is 18.0 Å². The van der Waals surface area contributed by atoms with Crippen LogP contribution in [-0.2, 0) is 11.0 Å². The summed E-state index contributed by atoms with van der Waals surface area (Å²) in [6, 6.07) is 2.63. The Morgan fingerprint density at radius 2 is 2.05 bits per heavy atom. The van der Waals surface area contributed by atoms with Gasteiger partial charge in [0.1, 0.15) is 0 Å². The van der Waals surface area contributed by atoms with Gasteiger partial charge in [0.25, 0.3) is 0 Å². The zero-order valence-electron chi connectivity index (χ0n) is 10.5. The molecular formula is C13H14ClF3N2O. The van der Waals surface area contributed by atoms with E-state index in [4.69, 9.17) is 17.3 Å². The van der Waals surface area contributed by atoms with Crippen LogP contribution in [0.1, 0.15) is 24.8 Å². The first-order chi connectivity index (χ1) is 9.29. The largest absolute Gasteiger partial charge is 0.416 e. The number of carbonyl (C=O) groups is 1. The number of hydrogen-bond acceptors (Lipinski definition) is 2. The number of rotatable bonds is 2. The maximum Gasteiger partial charge on any atom is 0.416 e. The molecule has 110 valence electrons. The van der Waals surface area contributed by atoms with Crippen LogP contribution in [0.25, 0.3) is 0 Å². The molecule has 0 aliphatic heterocycles. The lowest BCUT2D eigenvalue weighted by atomic mass is 10.0. The lowest BCUT2D eigenvalue weighted by molar-refractivity contribution is -0.137. The van der Waals surface area contributed by atoms with Gasteiger partial charge in [0.2, 0.25) is 5.91 Å². The minimum atomic E-state index is -4.46. The van der Waals surface area contributed by atoms with E-state index in [2.05, 4.69) is 5.32 Å². The molecule has 3 nitrogen and oxygen atoms in total. The van der Waals surface area contributed by atoms with Crippen LogP contribution in [0.15, 0.2) is 18.2 Å². The molecule has 1 aromatic rings. The number of alkyl halides is 3. The maximum absolute atomic E-state index is 12.5. The molecule has 7 heteroatoms. The first-order valence-electron chi connectivity index (χ1n) is 6.22. The number of nitrogens with two attached hydrogens (primary N) is 1. The highest BCUT2D eigenvalue weighted by Crippen LogP contribution is 2.34. The van der Waals surface area contributed by atoms with Crippen molar-refractivity contribution in [3.8, 4) is 0 Å². The monoisotopic (exact) mass is 306 g/mol. The zero-order valence-corrected chi connectivity index (χ0v) is 11.3. The standard InChI is InChI=1S/C13H14ClF3N2O/c14-9-6-7(13(15,16)17)4-5-11(9)19-12(20)8-2-1-3-10(8)18/h4-6,8,10H,1-3,18H2,(H,19,20). The predicted molar refractivity (Wildman–Crippen MR) is 70.4 cm³/mol. The normalized spacial score (nSPS) is 22.9. The van der Waals surface area contributed by atoms with Crippen LogP contribution in [0.4, 0.5) is 18.9 Å². The summed E-state index contributed by atoms with van der Waals surface area (Å²) in [6.45, 7) is 0. The second-order valence-electron chi connectivity index (χ2n) is 4.88. The Kier molecular flexibility index (Phi) is 4.25. The molecule has 0 radical (unpaired) electrons. The van der Waals surface area contributed by atoms with Gasteiger partial charge < -0.3 is 11.1 Å². The molecule has 1 fully saturated rings. The van der Waals surface area contributed by atoms with Crippen molar-refractivity contribution in [2.45, 2.75) is 31.5 Å². The van der Waals surface area contributed by atoms with Gasteiger partial charge in [-0.15, -0.1) is 0 Å². The van der Waals surface area contributed by atoms with Gasteiger partial charge in [-0.2, -0.15) is 13.2 Å². The highest BCUT2D eigenvalue weighted by atomic mass is 35.5. The highest BCUT2D eigenvalue weighted by Gasteiger charge is 2.32. The van der Waals surface area contributed by atoms with Crippen LogP contribution in [0.5, 0.6) is 0 Å². The Balaban J connectivity index is 2.12. The Labute approximate surface area is 119 Å². The smallest absolute Gasteiger partial charge is 0.327 e. The first-order valence-corrected chi connectivity index (χ1v) is 6.60. The van der Waals surface area contributed by atoms with Gasteiger partial charge in [-0.3, -0.25) is 4.79 Å². The summed E-state index contributed by atoms with van der Waals surface area (Å²) in [5.41, 5.74) is 5.13. The summed E-state index contributed by atoms with van der Waals surface area (Å²) in [7, 11) is 0. The van der Waals surface area contributed by atoms with E-state index in [0.717, 1.165) is 31.0 Å². The van der Waals surface area contributed by atoms with Crippen molar-refractivity contribution in [1.82, 2.24) is 0 Å². The third kappa shape index (κ3) is 3.24. The summed E-state index contributed by atoms with van der Waals surface area (Å²) in [5, 5.41) is 2.40. The minimum absolute atomic E-state index is 0.139. The van der Waals surface area contributed by atoms with Crippen LogP contribution >= 0.6 is 11.6 Å². The fourth-order valence-electron chi connectivity index (χ4n) is 2.33. The number of carbonyl (C=O) groups excluding carboxylic acids is 1. The van der Waals surface area contributed by atoms with Gasteiger partial charge >= 0.3 is 6.18 Å². The molecule has 1 amide bonds. The van der Waals surface area contributed by atoms with E-state index in [1.54, 1.807) is 0 Å². The fourth-order valence-corrected chi connectivity index (χ4v) is 2.56. The number of anilines is 1. The zero-order chi connectivity index (χ0) is 14.9. The van der Waals surface area contributed by atoms with Crippen molar-refractivity contribution in [1.29, 1.82) is 0 Å².